The third-order valence-electron chi connectivity index (χ3n) is 4.39. The molecule has 138 valence electrons. The minimum atomic E-state index is -0.273. The number of rotatable bonds is 4. The fraction of sp³-hybridized carbons (Fsp3) is 0.0435. The predicted molar refractivity (Wildman–Crippen MR) is 113 cm³/mol. The number of anilines is 1. The Hall–Kier alpha value is -3.37. The number of nitrogens with zero attached hydrogens (tertiary/aromatic N) is 2. The molecule has 0 saturated heterocycles. The van der Waals surface area contributed by atoms with E-state index in [1.54, 1.807) is 28.9 Å². The molecule has 0 aliphatic carbocycles. The molecule has 5 heteroatoms. The van der Waals surface area contributed by atoms with Crippen molar-refractivity contribution in [2.45, 2.75) is 6.92 Å². The Balaban J connectivity index is 1.73. The Labute approximate surface area is 168 Å². The summed E-state index contributed by atoms with van der Waals surface area (Å²) in [5.41, 5.74) is 4.92. The van der Waals surface area contributed by atoms with Gasteiger partial charge in [0.15, 0.2) is 5.69 Å². The van der Waals surface area contributed by atoms with Crippen molar-refractivity contribution in [2.24, 2.45) is 0 Å². The van der Waals surface area contributed by atoms with Crippen LogP contribution >= 0.6 is 11.6 Å². The number of amides is 1. The second-order valence-electron chi connectivity index (χ2n) is 6.49. The zero-order valence-corrected chi connectivity index (χ0v) is 16.0. The van der Waals surface area contributed by atoms with E-state index in [0.717, 1.165) is 16.9 Å². The smallest absolute Gasteiger partial charge is 0.276 e. The van der Waals surface area contributed by atoms with Gasteiger partial charge in [-0.3, -0.25) is 4.79 Å². The molecule has 1 heterocycles. The van der Waals surface area contributed by atoms with Crippen LogP contribution in [0.3, 0.4) is 0 Å². The number of hydrogen-bond donors (Lipinski definition) is 1. The molecule has 0 aliphatic heterocycles. The maximum absolute atomic E-state index is 12.8. The summed E-state index contributed by atoms with van der Waals surface area (Å²) in [6.07, 6.45) is 0. The van der Waals surface area contributed by atoms with Gasteiger partial charge in [0, 0.05) is 16.3 Å². The topological polar surface area (TPSA) is 46.9 Å². The fourth-order valence-corrected chi connectivity index (χ4v) is 3.04. The monoisotopic (exact) mass is 387 g/mol. The second kappa shape index (κ2) is 7.71. The van der Waals surface area contributed by atoms with Crippen LogP contribution in [0.15, 0.2) is 84.9 Å². The quantitative estimate of drug-likeness (QED) is 0.484. The summed E-state index contributed by atoms with van der Waals surface area (Å²) in [5, 5.41) is 8.05. The van der Waals surface area contributed by atoms with Gasteiger partial charge in [-0.1, -0.05) is 59.6 Å². The maximum Gasteiger partial charge on any atom is 0.276 e. The molecule has 28 heavy (non-hydrogen) atoms. The Morgan fingerprint density at radius 3 is 2.29 bits per heavy atom. The normalized spacial score (nSPS) is 10.6. The average Bonchev–Trinajstić information content (AvgIpc) is 3.16. The lowest BCUT2D eigenvalue weighted by Crippen LogP contribution is -2.13. The molecule has 0 saturated carbocycles. The molecule has 3 aromatic carbocycles. The standard InChI is InChI=1S/C23H18ClN3O/c1-16-7-9-17(10-8-16)22-15-21(26-27(22)20-5-3-2-4-6-20)23(28)25-19-13-11-18(24)12-14-19/h2-15H,1H3,(H,25,28). The highest BCUT2D eigenvalue weighted by Crippen LogP contribution is 2.25. The molecule has 0 atom stereocenters. The molecule has 1 N–H and O–H groups in total. The van der Waals surface area contributed by atoms with Crippen LogP contribution in [0.2, 0.25) is 5.02 Å². The number of para-hydroxylation sites is 1. The molecule has 1 amide bonds. The number of aryl methyl sites for hydroxylation is 1. The first kappa shape index (κ1) is 18.0. The lowest BCUT2D eigenvalue weighted by molar-refractivity contribution is 0.102. The largest absolute Gasteiger partial charge is 0.321 e. The van der Waals surface area contributed by atoms with E-state index in [4.69, 9.17) is 11.6 Å². The number of aromatic nitrogens is 2. The molecule has 0 unspecified atom stereocenters. The van der Waals surface area contributed by atoms with Crippen molar-refractivity contribution in [3.8, 4) is 16.9 Å². The van der Waals surface area contributed by atoms with Gasteiger partial charge >= 0.3 is 0 Å². The van der Waals surface area contributed by atoms with Crippen molar-refractivity contribution in [3.05, 3.63) is 101 Å². The van der Waals surface area contributed by atoms with Crippen LogP contribution in [0.4, 0.5) is 5.69 Å². The molecule has 0 fully saturated rings. The molecule has 1 aromatic heterocycles. The summed E-state index contributed by atoms with van der Waals surface area (Å²) in [6, 6.07) is 26.7. The lowest BCUT2D eigenvalue weighted by atomic mass is 10.1. The third-order valence-corrected chi connectivity index (χ3v) is 4.64. The maximum atomic E-state index is 12.8. The Bertz CT molecular complexity index is 1100. The molecule has 0 aliphatic rings. The van der Waals surface area contributed by atoms with Gasteiger partial charge in [0.1, 0.15) is 0 Å². The number of halogens is 1. The summed E-state index contributed by atoms with van der Waals surface area (Å²) in [7, 11) is 0. The van der Waals surface area contributed by atoms with Crippen molar-refractivity contribution < 1.29 is 4.79 Å². The molecule has 4 rings (SSSR count). The van der Waals surface area contributed by atoms with Gasteiger partial charge in [0.2, 0.25) is 0 Å². The van der Waals surface area contributed by atoms with Gasteiger partial charge in [-0.05, 0) is 49.4 Å². The highest BCUT2D eigenvalue weighted by Gasteiger charge is 2.17. The summed E-state index contributed by atoms with van der Waals surface area (Å²) >= 11 is 5.91. The zero-order valence-electron chi connectivity index (χ0n) is 15.3. The van der Waals surface area contributed by atoms with Crippen molar-refractivity contribution in [1.29, 1.82) is 0 Å². The van der Waals surface area contributed by atoms with Crippen LogP contribution in [-0.2, 0) is 0 Å². The minimum Gasteiger partial charge on any atom is -0.321 e. The van der Waals surface area contributed by atoms with E-state index in [1.807, 2.05) is 67.6 Å². The van der Waals surface area contributed by atoms with Gasteiger partial charge in [-0.2, -0.15) is 5.10 Å². The Morgan fingerprint density at radius 2 is 1.61 bits per heavy atom. The molecule has 4 aromatic rings. The highest BCUT2D eigenvalue weighted by molar-refractivity contribution is 6.30. The Morgan fingerprint density at radius 1 is 0.929 bits per heavy atom. The van der Waals surface area contributed by atoms with Gasteiger partial charge in [-0.15, -0.1) is 0 Å². The number of hydrogen-bond acceptors (Lipinski definition) is 2. The molecule has 4 nitrogen and oxygen atoms in total. The fourth-order valence-electron chi connectivity index (χ4n) is 2.92. The molecular formula is C23H18ClN3O. The SMILES string of the molecule is Cc1ccc(-c2cc(C(=O)Nc3ccc(Cl)cc3)nn2-c2ccccc2)cc1. The van der Waals surface area contributed by atoms with E-state index in [1.165, 1.54) is 5.56 Å². The van der Waals surface area contributed by atoms with Gasteiger partial charge in [0.05, 0.1) is 11.4 Å². The van der Waals surface area contributed by atoms with Gasteiger partial charge in [0.25, 0.3) is 5.91 Å². The van der Waals surface area contributed by atoms with Crippen LogP contribution < -0.4 is 5.32 Å². The van der Waals surface area contributed by atoms with Gasteiger partial charge in [-0.25, -0.2) is 4.68 Å². The number of carbonyl (C=O) groups excluding carboxylic acids is 1. The van der Waals surface area contributed by atoms with E-state index in [2.05, 4.69) is 10.4 Å². The van der Waals surface area contributed by atoms with Crippen molar-refractivity contribution in [1.82, 2.24) is 9.78 Å². The number of carbonyl (C=O) groups is 1. The first-order valence-corrected chi connectivity index (χ1v) is 9.27. The summed E-state index contributed by atoms with van der Waals surface area (Å²) in [5.74, 6) is -0.273. The van der Waals surface area contributed by atoms with Crippen LogP contribution in [0.25, 0.3) is 16.9 Å². The van der Waals surface area contributed by atoms with Crippen LogP contribution in [0.5, 0.6) is 0 Å². The van der Waals surface area contributed by atoms with Crippen LogP contribution in [0.1, 0.15) is 16.1 Å². The highest BCUT2D eigenvalue weighted by atomic mass is 35.5. The van der Waals surface area contributed by atoms with E-state index in [0.29, 0.717) is 16.4 Å². The van der Waals surface area contributed by atoms with Crippen molar-refractivity contribution in [3.63, 3.8) is 0 Å². The predicted octanol–water partition coefficient (Wildman–Crippen LogP) is 5.75. The first-order chi connectivity index (χ1) is 13.6. The molecule has 0 spiro atoms. The van der Waals surface area contributed by atoms with E-state index in [9.17, 15) is 4.79 Å². The summed E-state index contributed by atoms with van der Waals surface area (Å²) < 4.78 is 1.79. The van der Waals surface area contributed by atoms with Gasteiger partial charge < -0.3 is 5.32 Å². The first-order valence-electron chi connectivity index (χ1n) is 8.89. The van der Waals surface area contributed by atoms with Crippen molar-refractivity contribution in [2.75, 3.05) is 5.32 Å². The zero-order chi connectivity index (χ0) is 19.5. The number of nitrogens with one attached hydrogen (secondary N) is 1. The van der Waals surface area contributed by atoms with E-state index >= 15 is 0 Å². The Kier molecular flexibility index (Phi) is 4.96. The van der Waals surface area contributed by atoms with E-state index < -0.39 is 0 Å². The molecule has 0 radical (unpaired) electrons. The average molecular weight is 388 g/mol. The van der Waals surface area contributed by atoms with Crippen LogP contribution in [-0.4, -0.2) is 15.7 Å². The molecular weight excluding hydrogens is 370 g/mol. The third kappa shape index (κ3) is 3.82. The lowest BCUT2D eigenvalue weighted by Gasteiger charge is -2.07. The van der Waals surface area contributed by atoms with Crippen molar-refractivity contribution >= 4 is 23.2 Å². The van der Waals surface area contributed by atoms with E-state index in [-0.39, 0.29) is 5.91 Å². The summed E-state index contributed by atoms with van der Waals surface area (Å²) in [4.78, 5) is 12.8. The second-order valence-corrected chi connectivity index (χ2v) is 6.93. The summed E-state index contributed by atoms with van der Waals surface area (Å²) in [6.45, 7) is 2.04. The van der Waals surface area contributed by atoms with Crippen LogP contribution in [0, 0.1) is 6.92 Å². The minimum absolute atomic E-state index is 0.273. The number of benzene rings is 3. The molecule has 0 bridgehead atoms.